The number of allylic oxidation sites excluding steroid dienone is 1. The van der Waals surface area contributed by atoms with Crippen LogP contribution in [-0.4, -0.2) is 46.2 Å². The Morgan fingerprint density at radius 2 is 1.95 bits per heavy atom. The van der Waals surface area contributed by atoms with Crippen molar-refractivity contribution in [3.63, 3.8) is 0 Å². The van der Waals surface area contributed by atoms with Crippen LogP contribution in [0.4, 0.5) is 11.6 Å². The second-order valence-corrected chi connectivity index (χ2v) is 9.86. The van der Waals surface area contributed by atoms with Crippen molar-refractivity contribution in [3.05, 3.63) is 84.2 Å². The molecule has 0 saturated heterocycles. The van der Waals surface area contributed by atoms with Crippen LogP contribution in [0.25, 0.3) is 22.2 Å². The van der Waals surface area contributed by atoms with Gasteiger partial charge >= 0.3 is 0 Å². The normalized spacial score (nSPS) is 14.6. The number of unbranched alkanes of at least 4 members (excludes halogenated alkanes) is 1. The van der Waals surface area contributed by atoms with Crippen LogP contribution < -0.4 is 5.32 Å². The average Bonchev–Trinajstić information content (AvgIpc) is 3.32. The van der Waals surface area contributed by atoms with Crippen LogP contribution in [-0.2, 0) is 24.3 Å². The molecule has 6 bridgehead atoms. The molecule has 5 rings (SSSR count). The number of anilines is 2. The first-order valence-electron chi connectivity index (χ1n) is 13.4. The summed E-state index contributed by atoms with van der Waals surface area (Å²) in [5.41, 5.74) is 6.71. The minimum Gasteiger partial charge on any atom is -0.373 e. The van der Waals surface area contributed by atoms with Gasteiger partial charge in [-0.05, 0) is 86.2 Å². The number of benzene rings is 2. The van der Waals surface area contributed by atoms with Gasteiger partial charge in [0.05, 0.1) is 18.9 Å². The van der Waals surface area contributed by atoms with E-state index in [1.54, 1.807) is 0 Å². The zero-order chi connectivity index (χ0) is 25.5. The van der Waals surface area contributed by atoms with Crippen LogP contribution in [0.2, 0.25) is 0 Å². The van der Waals surface area contributed by atoms with Gasteiger partial charge in [-0.2, -0.15) is 0 Å². The summed E-state index contributed by atoms with van der Waals surface area (Å²) in [6.45, 7) is 6.49. The molecule has 0 atom stereocenters. The lowest BCUT2D eigenvalue weighted by Crippen LogP contribution is -2.21. The highest BCUT2D eigenvalue weighted by atomic mass is 16.5. The van der Waals surface area contributed by atoms with E-state index >= 15 is 0 Å². The Bertz CT molecular complexity index is 1360. The minimum atomic E-state index is 0.580. The van der Waals surface area contributed by atoms with Gasteiger partial charge in [-0.25, -0.2) is 9.97 Å². The van der Waals surface area contributed by atoms with E-state index in [2.05, 4.69) is 94.6 Å². The molecule has 2 aromatic carbocycles. The molecule has 0 saturated carbocycles. The maximum Gasteiger partial charge on any atom is 0.227 e. The standard InChI is InChI=1S/C31H37N5O/c1-3-4-16-35(2)17-7-8-24-11-12-28-21-27(24)23-37-20-6-5-18-36-19-14-25-9-10-26(22-30(25)36)29-13-15-32-31(33-28)34-29/h5-6,9-15,19,21-22H,3-4,7-8,16-18,20,23H2,1-2H3,(H,32,33,34)/b6-5+. The van der Waals surface area contributed by atoms with E-state index in [4.69, 9.17) is 9.72 Å². The second kappa shape index (κ2) is 12.2. The van der Waals surface area contributed by atoms with Gasteiger partial charge in [0, 0.05) is 35.7 Å². The summed E-state index contributed by atoms with van der Waals surface area (Å²) in [4.78, 5) is 11.8. The van der Waals surface area contributed by atoms with Crippen LogP contribution in [0.3, 0.4) is 0 Å². The molecule has 0 unspecified atom stereocenters. The monoisotopic (exact) mass is 495 g/mol. The number of fused-ring (bicyclic) bond motifs is 6. The molecule has 37 heavy (non-hydrogen) atoms. The van der Waals surface area contributed by atoms with Crippen molar-refractivity contribution in [2.75, 3.05) is 32.1 Å². The molecule has 0 fully saturated rings. The summed E-state index contributed by atoms with van der Waals surface area (Å²) in [6.07, 6.45) is 12.9. The highest BCUT2D eigenvalue weighted by Gasteiger charge is 2.10. The smallest absolute Gasteiger partial charge is 0.227 e. The van der Waals surface area contributed by atoms with Crippen LogP contribution >= 0.6 is 0 Å². The van der Waals surface area contributed by atoms with Gasteiger partial charge in [0.1, 0.15) is 0 Å². The van der Waals surface area contributed by atoms with E-state index in [0.29, 0.717) is 19.2 Å². The molecular formula is C31H37N5O. The molecule has 0 radical (unpaired) electrons. The number of rotatable bonds is 7. The number of nitrogens with zero attached hydrogens (tertiary/aromatic N) is 4. The third-order valence-corrected chi connectivity index (χ3v) is 7.01. The number of aryl methyl sites for hydroxylation is 1. The third kappa shape index (κ3) is 6.45. The topological polar surface area (TPSA) is 55.2 Å². The molecule has 3 heterocycles. The molecule has 0 aliphatic carbocycles. The number of ether oxygens (including phenoxy) is 1. The van der Waals surface area contributed by atoms with Gasteiger partial charge in [0.2, 0.25) is 5.95 Å². The predicted molar refractivity (Wildman–Crippen MR) is 152 cm³/mol. The molecule has 4 aromatic rings. The summed E-state index contributed by atoms with van der Waals surface area (Å²) in [6, 6.07) is 17.2. The molecule has 6 heteroatoms. The number of nitrogens with one attached hydrogen (secondary N) is 1. The average molecular weight is 496 g/mol. The number of hydrogen-bond acceptors (Lipinski definition) is 5. The molecule has 0 amide bonds. The fourth-order valence-corrected chi connectivity index (χ4v) is 4.87. The summed E-state index contributed by atoms with van der Waals surface area (Å²) < 4.78 is 8.35. The van der Waals surface area contributed by atoms with E-state index in [-0.39, 0.29) is 0 Å². The van der Waals surface area contributed by atoms with Gasteiger partial charge in [0.15, 0.2) is 0 Å². The molecule has 1 N–H and O–H groups in total. The van der Waals surface area contributed by atoms with Crippen molar-refractivity contribution in [2.24, 2.45) is 0 Å². The molecule has 1 aliphatic heterocycles. The first kappa shape index (κ1) is 25.2. The highest BCUT2D eigenvalue weighted by molar-refractivity contribution is 5.85. The Morgan fingerprint density at radius 3 is 2.86 bits per heavy atom. The predicted octanol–water partition coefficient (Wildman–Crippen LogP) is 6.59. The van der Waals surface area contributed by atoms with Crippen molar-refractivity contribution in [1.82, 2.24) is 19.4 Å². The molecule has 2 aromatic heterocycles. The van der Waals surface area contributed by atoms with E-state index in [1.807, 2.05) is 12.3 Å². The summed E-state index contributed by atoms with van der Waals surface area (Å²) >= 11 is 0. The Morgan fingerprint density at radius 1 is 1.03 bits per heavy atom. The lowest BCUT2D eigenvalue weighted by molar-refractivity contribution is 0.148. The van der Waals surface area contributed by atoms with Gasteiger partial charge in [-0.15, -0.1) is 0 Å². The lowest BCUT2D eigenvalue weighted by atomic mass is 10.0. The van der Waals surface area contributed by atoms with E-state index in [9.17, 15) is 0 Å². The quantitative estimate of drug-likeness (QED) is 0.293. The maximum absolute atomic E-state index is 6.10. The van der Waals surface area contributed by atoms with E-state index in [0.717, 1.165) is 42.9 Å². The Labute approximate surface area is 220 Å². The lowest BCUT2D eigenvalue weighted by Gasteiger charge is -2.17. The second-order valence-electron chi connectivity index (χ2n) is 9.86. The third-order valence-electron chi connectivity index (χ3n) is 7.01. The Kier molecular flexibility index (Phi) is 8.28. The number of hydrogen-bond donors (Lipinski definition) is 1. The van der Waals surface area contributed by atoms with Gasteiger partial charge in [-0.1, -0.05) is 43.7 Å². The molecule has 192 valence electrons. The number of aromatic nitrogens is 3. The Balaban J connectivity index is 1.40. The molecular weight excluding hydrogens is 458 g/mol. The SMILES string of the molecule is CCCCN(C)CCCc1ccc2cc1COC/C=C/Cn1ccc3ccc(cc31)-c1ccnc(n1)N2. The van der Waals surface area contributed by atoms with E-state index < -0.39 is 0 Å². The highest BCUT2D eigenvalue weighted by Crippen LogP contribution is 2.26. The first-order valence-corrected chi connectivity index (χ1v) is 13.4. The summed E-state index contributed by atoms with van der Waals surface area (Å²) in [7, 11) is 2.22. The minimum absolute atomic E-state index is 0.580. The van der Waals surface area contributed by atoms with Crippen molar-refractivity contribution in [2.45, 2.75) is 45.8 Å². The zero-order valence-corrected chi connectivity index (χ0v) is 22.0. The van der Waals surface area contributed by atoms with Crippen LogP contribution in [0, 0.1) is 0 Å². The van der Waals surface area contributed by atoms with E-state index in [1.165, 1.54) is 41.4 Å². The largest absolute Gasteiger partial charge is 0.373 e. The summed E-state index contributed by atoms with van der Waals surface area (Å²) in [5, 5.41) is 4.64. The fourth-order valence-electron chi connectivity index (χ4n) is 4.87. The van der Waals surface area contributed by atoms with Gasteiger partial charge in [-0.3, -0.25) is 0 Å². The van der Waals surface area contributed by atoms with Crippen molar-refractivity contribution in [3.8, 4) is 11.3 Å². The van der Waals surface area contributed by atoms with Crippen LogP contribution in [0.15, 0.2) is 73.1 Å². The molecule has 6 nitrogen and oxygen atoms in total. The molecule has 0 spiro atoms. The Hall–Kier alpha value is -3.48. The van der Waals surface area contributed by atoms with Crippen molar-refractivity contribution < 1.29 is 4.74 Å². The van der Waals surface area contributed by atoms with Crippen LogP contribution in [0.1, 0.15) is 37.3 Å². The summed E-state index contributed by atoms with van der Waals surface area (Å²) in [5.74, 6) is 0.594. The van der Waals surface area contributed by atoms with Crippen molar-refractivity contribution >= 4 is 22.5 Å². The van der Waals surface area contributed by atoms with Gasteiger partial charge < -0.3 is 19.5 Å². The van der Waals surface area contributed by atoms with Crippen molar-refractivity contribution in [1.29, 1.82) is 0 Å². The fraction of sp³-hybridized carbons (Fsp3) is 0.355. The first-order chi connectivity index (χ1) is 18.2. The van der Waals surface area contributed by atoms with Crippen LogP contribution in [0.5, 0.6) is 0 Å². The maximum atomic E-state index is 6.10. The zero-order valence-electron chi connectivity index (χ0n) is 22.0. The van der Waals surface area contributed by atoms with Gasteiger partial charge in [0.25, 0.3) is 0 Å². The molecule has 1 aliphatic rings.